The molecular formula is C22H37N7O5. The van der Waals surface area contributed by atoms with E-state index < -0.39 is 35.9 Å². The fraction of sp³-hybridized carbons (Fsp3) is 0.682. The zero-order valence-corrected chi connectivity index (χ0v) is 19.8. The number of imidazole rings is 1. The van der Waals surface area contributed by atoms with E-state index >= 15 is 0 Å². The number of carbonyl (C=O) groups is 4. The normalized spacial score (nSPS) is 18.2. The van der Waals surface area contributed by atoms with Crippen LogP contribution >= 0.6 is 0 Å². The number of nitrogens with two attached hydrogens (primary N) is 1. The number of carbonyl (C=O) groups excluding carboxylic acids is 3. The minimum atomic E-state index is -1.16. The maximum Gasteiger partial charge on any atom is 0.326 e. The lowest BCUT2D eigenvalue weighted by molar-refractivity contribution is -0.142. The Labute approximate surface area is 199 Å². The van der Waals surface area contributed by atoms with E-state index in [2.05, 4.69) is 31.2 Å². The zero-order valence-electron chi connectivity index (χ0n) is 19.8. The number of unbranched alkanes of at least 4 members (excludes halogenated alkanes) is 1. The molecule has 0 radical (unpaired) electrons. The van der Waals surface area contributed by atoms with Gasteiger partial charge >= 0.3 is 5.97 Å². The molecule has 1 aliphatic rings. The van der Waals surface area contributed by atoms with Gasteiger partial charge in [0.1, 0.15) is 18.1 Å². The van der Waals surface area contributed by atoms with Crippen molar-refractivity contribution >= 4 is 23.7 Å². The number of carboxylic acids is 1. The Balaban J connectivity index is 2.11. The van der Waals surface area contributed by atoms with Crippen molar-refractivity contribution in [2.45, 2.75) is 76.5 Å². The van der Waals surface area contributed by atoms with Crippen LogP contribution in [-0.2, 0) is 25.6 Å². The first-order chi connectivity index (χ1) is 16.2. The first-order valence-corrected chi connectivity index (χ1v) is 11.8. The van der Waals surface area contributed by atoms with Gasteiger partial charge in [-0.25, -0.2) is 9.78 Å². The lowest BCUT2D eigenvalue weighted by Gasteiger charge is -2.27. The van der Waals surface area contributed by atoms with E-state index in [1.165, 1.54) is 12.5 Å². The topological polar surface area (TPSA) is 191 Å². The van der Waals surface area contributed by atoms with Gasteiger partial charge in [0, 0.05) is 18.3 Å². The summed E-state index contributed by atoms with van der Waals surface area (Å²) in [4.78, 5) is 57.2. The first-order valence-electron chi connectivity index (χ1n) is 11.8. The second-order valence-electron chi connectivity index (χ2n) is 8.91. The minimum Gasteiger partial charge on any atom is -0.480 e. The summed E-state index contributed by atoms with van der Waals surface area (Å²) in [5.41, 5.74) is 6.07. The number of hydrogen-bond acceptors (Lipinski definition) is 7. The molecule has 1 aromatic heterocycles. The Morgan fingerprint density at radius 1 is 1.15 bits per heavy atom. The van der Waals surface area contributed by atoms with Crippen molar-refractivity contribution < 1.29 is 24.3 Å². The smallest absolute Gasteiger partial charge is 0.326 e. The Morgan fingerprint density at radius 2 is 1.88 bits per heavy atom. The molecular weight excluding hydrogens is 442 g/mol. The van der Waals surface area contributed by atoms with E-state index in [0.29, 0.717) is 31.5 Å². The molecule has 0 aliphatic carbocycles. The summed E-state index contributed by atoms with van der Waals surface area (Å²) in [7, 11) is 0. The van der Waals surface area contributed by atoms with Crippen LogP contribution in [0.4, 0.5) is 0 Å². The predicted molar refractivity (Wildman–Crippen MR) is 124 cm³/mol. The summed E-state index contributed by atoms with van der Waals surface area (Å²) in [6, 6.07) is -3.36. The molecule has 12 nitrogen and oxygen atoms in total. The molecule has 2 heterocycles. The van der Waals surface area contributed by atoms with Crippen molar-refractivity contribution in [3.63, 3.8) is 0 Å². The van der Waals surface area contributed by atoms with Gasteiger partial charge in [0.25, 0.3) is 0 Å². The molecule has 0 spiro atoms. The highest BCUT2D eigenvalue weighted by Gasteiger charge is 2.33. The van der Waals surface area contributed by atoms with E-state index in [1.807, 2.05) is 0 Å². The van der Waals surface area contributed by atoms with Crippen molar-refractivity contribution in [1.82, 2.24) is 31.2 Å². The highest BCUT2D eigenvalue weighted by Crippen LogP contribution is 2.09. The van der Waals surface area contributed by atoms with E-state index in [4.69, 9.17) is 5.73 Å². The number of carboxylic acid groups (broad SMARTS) is 1. The summed E-state index contributed by atoms with van der Waals surface area (Å²) >= 11 is 0. The maximum atomic E-state index is 13.1. The lowest BCUT2D eigenvalue weighted by Crippen LogP contribution is -2.58. The highest BCUT2D eigenvalue weighted by atomic mass is 16.4. The van der Waals surface area contributed by atoms with Crippen LogP contribution in [0.1, 0.15) is 51.6 Å². The van der Waals surface area contributed by atoms with Gasteiger partial charge in [-0.3, -0.25) is 14.4 Å². The van der Waals surface area contributed by atoms with E-state index in [-0.39, 0.29) is 30.7 Å². The second kappa shape index (κ2) is 13.7. The number of nitrogens with one attached hydrogen (secondary N) is 5. The fourth-order valence-electron chi connectivity index (χ4n) is 3.81. The fourth-order valence-corrected chi connectivity index (χ4v) is 3.81. The summed E-state index contributed by atoms with van der Waals surface area (Å²) in [5, 5.41) is 20.6. The SMILES string of the molecule is CC(C)C(NC(=O)C1CCCN1)C(=O)NC(Cc1cnc[nH]1)C(=O)NC(CCCCN)C(=O)O. The zero-order chi connectivity index (χ0) is 25.1. The molecule has 12 heteroatoms. The van der Waals surface area contributed by atoms with Crippen LogP contribution in [0.3, 0.4) is 0 Å². The molecule has 0 aromatic carbocycles. The molecule has 2 rings (SSSR count). The lowest BCUT2D eigenvalue weighted by atomic mass is 10.0. The Morgan fingerprint density at radius 3 is 2.44 bits per heavy atom. The van der Waals surface area contributed by atoms with E-state index in [0.717, 1.165) is 13.0 Å². The van der Waals surface area contributed by atoms with Gasteiger partial charge in [0.15, 0.2) is 0 Å². The standard InChI is InChI=1S/C22H37N7O5/c1-13(2)18(29-19(30)15-7-5-9-25-15)21(32)28-17(10-14-11-24-12-26-14)20(31)27-16(22(33)34)6-3-4-8-23/h11-13,15-18,25H,3-10,23H2,1-2H3,(H,24,26)(H,27,31)(H,28,32)(H,29,30)(H,33,34). The molecule has 34 heavy (non-hydrogen) atoms. The van der Waals surface area contributed by atoms with Crippen LogP contribution in [0.2, 0.25) is 0 Å². The summed E-state index contributed by atoms with van der Waals surface area (Å²) in [5.74, 6) is -2.80. The monoisotopic (exact) mass is 479 g/mol. The van der Waals surface area contributed by atoms with Crippen LogP contribution in [0, 0.1) is 5.92 Å². The first kappa shape index (κ1) is 27.3. The van der Waals surface area contributed by atoms with Crippen LogP contribution in [-0.4, -0.2) is 76.0 Å². The Kier molecular flexibility index (Phi) is 10.9. The summed E-state index contributed by atoms with van der Waals surface area (Å²) < 4.78 is 0. The van der Waals surface area contributed by atoms with Gasteiger partial charge < -0.3 is 37.1 Å². The van der Waals surface area contributed by atoms with Gasteiger partial charge in [0.2, 0.25) is 17.7 Å². The number of amides is 3. The summed E-state index contributed by atoms with van der Waals surface area (Å²) in [6.45, 7) is 4.78. The number of H-pyrrole nitrogens is 1. The summed E-state index contributed by atoms with van der Waals surface area (Å²) in [6.07, 6.45) is 6.04. The van der Waals surface area contributed by atoms with Gasteiger partial charge in [-0.05, 0) is 51.1 Å². The third kappa shape index (κ3) is 8.41. The Hall–Kier alpha value is -2.99. The van der Waals surface area contributed by atoms with Gasteiger partial charge in [-0.2, -0.15) is 0 Å². The average Bonchev–Trinajstić information content (AvgIpc) is 3.50. The van der Waals surface area contributed by atoms with Gasteiger partial charge in [-0.15, -0.1) is 0 Å². The van der Waals surface area contributed by atoms with Crippen molar-refractivity contribution in [1.29, 1.82) is 0 Å². The second-order valence-corrected chi connectivity index (χ2v) is 8.91. The average molecular weight is 480 g/mol. The molecule has 4 unspecified atom stereocenters. The number of nitrogens with zero attached hydrogens (tertiary/aromatic N) is 1. The van der Waals surface area contributed by atoms with Crippen molar-refractivity contribution in [3.05, 3.63) is 18.2 Å². The molecule has 0 bridgehead atoms. The van der Waals surface area contributed by atoms with E-state index in [1.54, 1.807) is 13.8 Å². The number of aromatic nitrogens is 2. The molecule has 0 saturated carbocycles. The van der Waals surface area contributed by atoms with Crippen LogP contribution in [0.5, 0.6) is 0 Å². The van der Waals surface area contributed by atoms with Crippen LogP contribution in [0.25, 0.3) is 0 Å². The number of aromatic amines is 1. The molecule has 190 valence electrons. The molecule has 3 amide bonds. The quantitative estimate of drug-likeness (QED) is 0.166. The molecule has 4 atom stereocenters. The van der Waals surface area contributed by atoms with E-state index in [9.17, 15) is 24.3 Å². The van der Waals surface area contributed by atoms with Crippen molar-refractivity contribution in [3.8, 4) is 0 Å². The maximum absolute atomic E-state index is 13.1. The predicted octanol–water partition coefficient (Wildman–Crippen LogP) is -0.972. The Bertz CT molecular complexity index is 809. The number of hydrogen-bond donors (Lipinski definition) is 7. The molecule has 1 aliphatic heterocycles. The minimum absolute atomic E-state index is 0.0790. The van der Waals surface area contributed by atoms with Crippen molar-refractivity contribution in [2.75, 3.05) is 13.1 Å². The van der Waals surface area contributed by atoms with Crippen molar-refractivity contribution in [2.24, 2.45) is 11.7 Å². The third-order valence-corrected chi connectivity index (χ3v) is 5.80. The number of rotatable bonds is 14. The van der Waals surface area contributed by atoms with Gasteiger partial charge in [0.05, 0.1) is 12.4 Å². The molecule has 1 saturated heterocycles. The molecule has 1 aromatic rings. The number of aliphatic carboxylic acids is 1. The molecule has 1 fully saturated rings. The highest BCUT2D eigenvalue weighted by molar-refractivity contribution is 5.94. The van der Waals surface area contributed by atoms with Crippen LogP contribution in [0.15, 0.2) is 12.5 Å². The largest absolute Gasteiger partial charge is 0.480 e. The third-order valence-electron chi connectivity index (χ3n) is 5.80. The molecule has 8 N–H and O–H groups in total. The van der Waals surface area contributed by atoms with Gasteiger partial charge in [-0.1, -0.05) is 13.8 Å². The van der Waals surface area contributed by atoms with Crippen LogP contribution < -0.4 is 27.0 Å².